The van der Waals surface area contributed by atoms with Gasteiger partial charge in [0.25, 0.3) is 0 Å². The number of hydrogen-bond donors (Lipinski definition) is 1. The number of amides is 1. The van der Waals surface area contributed by atoms with Gasteiger partial charge in [-0.25, -0.2) is 4.98 Å². The monoisotopic (exact) mass is 244 g/mol. The van der Waals surface area contributed by atoms with Crippen LogP contribution in [0.15, 0.2) is 30.5 Å². The molecule has 0 radical (unpaired) electrons. The highest BCUT2D eigenvalue weighted by Crippen LogP contribution is 2.04. The summed E-state index contributed by atoms with van der Waals surface area (Å²) in [7, 11) is 0. The lowest BCUT2D eigenvalue weighted by Crippen LogP contribution is -2.16. The quantitative estimate of drug-likeness (QED) is 0.893. The molecular formula is C13H16N4O. The van der Waals surface area contributed by atoms with E-state index in [0.717, 1.165) is 11.4 Å². The smallest absolute Gasteiger partial charge is 0.227 e. The first-order valence-electron chi connectivity index (χ1n) is 5.87. The average molecular weight is 244 g/mol. The van der Waals surface area contributed by atoms with Crippen molar-refractivity contribution >= 4 is 11.7 Å². The Morgan fingerprint density at radius 2 is 2.22 bits per heavy atom. The maximum Gasteiger partial charge on any atom is 0.227 e. The molecule has 0 bridgehead atoms. The molecule has 2 aromatic heterocycles. The summed E-state index contributed by atoms with van der Waals surface area (Å²) in [5.74, 6) is 0.525. The van der Waals surface area contributed by atoms with Crippen molar-refractivity contribution in [1.29, 1.82) is 0 Å². The molecule has 5 nitrogen and oxygen atoms in total. The molecular weight excluding hydrogens is 228 g/mol. The first-order valence-corrected chi connectivity index (χ1v) is 5.87. The van der Waals surface area contributed by atoms with E-state index < -0.39 is 0 Å². The number of anilines is 1. The Balaban J connectivity index is 1.87. The summed E-state index contributed by atoms with van der Waals surface area (Å²) >= 11 is 0. The van der Waals surface area contributed by atoms with Crippen LogP contribution in [0.5, 0.6) is 0 Å². The fourth-order valence-corrected chi connectivity index (χ4v) is 1.75. The predicted molar refractivity (Wildman–Crippen MR) is 69.2 cm³/mol. The zero-order valence-electron chi connectivity index (χ0n) is 10.6. The number of carbonyl (C=O) groups is 1. The Morgan fingerprint density at radius 1 is 1.39 bits per heavy atom. The van der Waals surface area contributed by atoms with Crippen LogP contribution in [-0.2, 0) is 11.3 Å². The fourth-order valence-electron chi connectivity index (χ4n) is 1.75. The van der Waals surface area contributed by atoms with Gasteiger partial charge >= 0.3 is 0 Å². The van der Waals surface area contributed by atoms with E-state index in [9.17, 15) is 4.79 Å². The third-order valence-electron chi connectivity index (χ3n) is 2.59. The first-order chi connectivity index (χ1) is 8.65. The second kappa shape index (κ2) is 5.44. The van der Waals surface area contributed by atoms with Gasteiger partial charge in [0.2, 0.25) is 5.91 Å². The number of nitrogens with zero attached hydrogens (tertiary/aromatic N) is 3. The number of aromatic nitrogens is 3. The van der Waals surface area contributed by atoms with Crippen molar-refractivity contribution in [3.05, 3.63) is 41.9 Å². The molecule has 0 saturated heterocycles. The van der Waals surface area contributed by atoms with E-state index in [2.05, 4.69) is 15.4 Å². The topological polar surface area (TPSA) is 59.8 Å². The van der Waals surface area contributed by atoms with Crippen LogP contribution < -0.4 is 5.32 Å². The molecule has 0 aliphatic carbocycles. The van der Waals surface area contributed by atoms with Gasteiger partial charge in [-0.15, -0.1) is 0 Å². The van der Waals surface area contributed by atoms with Crippen LogP contribution in [0, 0.1) is 13.8 Å². The lowest BCUT2D eigenvalue weighted by Gasteiger charge is -2.05. The molecule has 0 atom stereocenters. The van der Waals surface area contributed by atoms with E-state index in [-0.39, 0.29) is 5.91 Å². The lowest BCUT2D eigenvalue weighted by molar-refractivity contribution is -0.116. The van der Waals surface area contributed by atoms with Crippen molar-refractivity contribution in [2.24, 2.45) is 0 Å². The first kappa shape index (κ1) is 12.3. The van der Waals surface area contributed by atoms with Crippen molar-refractivity contribution in [3.8, 4) is 0 Å². The molecule has 0 saturated carbocycles. The van der Waals surface area contributed by atoms with Crippen LogP contribution in [0.1, 0.15) is 17.8 Å². The van der Waals surface area contributed by atoms with Crippen LogP contribution in [0.3, 0.4) is 0 Å². The number of hydrogen-bond acceptors (Lipinski definition) is 3. The minimum atomic E-state index is -0.0544. The number of rotatable bonds is 4. The summed E-state index contributed by atoms with van der Waals surface area (Å²) in [6.45, 7) is 4.51. The lowest BCUT2D eigenvalue weighted by atomic mass is 10.3. The summed E-state index contributed by atoms with van der Waals surface area (Å²) in [5.41, 5.74) is 2.04. The van der Waals surface area contributed by atoms with Crippen molar-refractivity contribution in [2.75, 3.05) is 5.32 Å². The summed E-state index contributed by atoms with van der Waals surface area (Å²) < 4.78 is 1.84. The van der Waals surface area contributed by atoms with Crippen LogP contribution in [0.4, 0.5) is 5.82 Å². The van der Waals surface area contributed by atoms with Gasteiger partial charge in [0.1, 0.15) is 5.82 Å². The molecule has 0 unspecified atom stereocenters. The molecule has 0 spiro atoms. The van der Waals surface area contributed by atoms with Gasteiger partial charge in [0, 0.05) is 24.9 Å². The zero-order chi connectivity index (χ0) is 13.0. The van der Waals surface area contributed by atoms with Gasteiger partial charge in [-0.1, -0.05) is 6.07 Å². The Labute approximate surface area is 106 Å². The summed E-state index contributed by atoms with van der Waals surface area (Å²) in [5, 5.41) is 7.06. The van der Waals surface area contributed by atoms with Gasteiger partial charge in [-0.05, 0) is 32.0 Å². The highest BCUT2D eigenvalue weighted by molar-refractivity contribution is 5.89. The normalized spacial score (nSPS) is 10.3. The third kappa shape index (κ3) is 3.16. The van der Waals surface area contributed by atoms with Crippen molar-refractivity contribution in [2.45, 2.75) is 26.8 Å². The summed E-state index contributed by atoms with van der Waals surface area (Å²) in [6.07, 6.45) is 2.04. The Kier molecular flexibility index (Phi) is 3.72. The van der Waals surface area contributed by atoms with Gasteiger partial charge < -0.3 is 5.32 Å². The Morgan fingerprint density at radius 3 is 2.83 bits per heavy atom. The minimum absolute atomic E-state index is 0.0544. The average Bonchev–Trinajstić information content (AvgIpc) is 2.66. The number of pyridine rings is 1. The molecule has 1 amide bonds. The largest absolute Gasteiger partial charge is 0.311 e. The van der Waals surface area contributed by atoms with Crippen molar-refractivity contribution in [3.63, 3.8) is 0 Å². The molecule has 1 N–H and O–H groups in total. The second-order valence-electron chi connectivity index (χ2n) is 4.16. The van der Waals surface area contributed by atoms with Crippen LogP contribution in [0.25, 0.3) is 0 Å². The van der Waals surface area contributed by atoms with E-state index in [1.807, 2.05) is 36.7 Å². The van der Waals surface area contributed by atoms with E-state index in [0.29, 0.717) is 18.8 Å². The van der Waals surface area contributed by atoms with Crippen LogP contribution in [-0.4, -0.2) is 20.7 Å². The molecule has 0 aliphatic rings. The van der Waals surface area contributed by atoms with E-state index in [4.69, 9.17) is 0 Å². The highest BCUT2D eigenvalue weighted by Gasteiger charge is 2.05. The molecule has 2 heterocycles. The van der Waals surface area contributed by atoms with Crippen LogP contribution >= 0.6 is 0 Å². The Bertz CT molecular complexity index is 533. The number of aryl methyl sites for hydroxylation is 3. The summed E-state index contributed by atoms with van der Waals surface area (Å²) in [4.78, 5) is 15.8. The van der Waals surface area contributed by atoms with E-state index in [1.54, 1.807) is 12.3 Å². The fraction of sp³-hybridized carbons (Fsp3) is 0.308. The molecule has 2 aromatic rings. The van der Waals surface area contributed by atoms with Crippen LogP contribution in [0.2, 0.25) is 0 Å². The van der Waals surface area contributed by atoms with Gasteiger partial charge in [0.15, 0.2) is 0 Å². The second-order valence-corrected chi connectivity index (χ2v) is 4.16. The molecule has 2 rings (SSSR count). The van der Waals surface area contributed by atoms with Gasteiger partial charge in [-0.3, -0.25) is 9.48 Å². The molecule has 5 heteroatoms. The molecule has 0 aliphatic heterocycles. The summed E-state index contributed by atoms with van der Waals surface area (Å²) in [6, 6.07) is 7.41. The molecule has 0 aromatic carbocycles. The predicted octanol–water partition coefficient (Wildman–Crippen LogP) is 1.92. The third-order valence-corrected chi connectivity index (χ3v) is 2.59. The molecule has 18 heavy (non-hydrogen) atoms. The minimum Gasteiger partial charge on any atom is -0.311 e. The van der Waals surface area contributed by atoms with Crippen molar-refractivity contribution < 1.29 is 4.79 Å². The van der Waals surface area contributed by atoms with E-state index >= 15 is 0 Å². The maximum absolute atomic E-state index is 11.7. The maximum atomic E-state index is 11.7. The SMILES string of the molecule is Cc1cc(C)n(CCC(=O)Nc2ccccn2)n1. The Hall–Kier alpha value is -2.17. The number of carbonyl (C=O) groups excluding carboxylic acids is 1. The zero-order valence-corrected chi connectivity index (χ0v) is 10.6. The molecule has 94 valence electrons. The molecule has 0 fully saturated rings. The standard InChI is InChI=1S/C13H16N4O/c1-10-9-11(2)17(16-10)8-6-13(18)15-12-5-3-4-7-14-12/h3-5,7,9H,6,8H2,1-2H3,(H,14,15,18). The number of nitrogens with one attached hydrogen (secondary N) is 1. The van der Waals surface area contributed by atoms with Crippen molar-refractivity contribution in [1.82, 2.24) is 14.8 Å². The van der Waals surface area contributed by atoms with E-state index in [1.165, 1.54) is 0 Å². The van der Waals surface area contributed by atoms with Gasteiger partial charge in [-0.2, -0.15) is 5.10 Å². The highest BCUT2D eigenvalue weighted by atomic mass is 16.1. The van der Waals surface area contributed by atoms with Gasteiger partial charge in [0.05, 0.1) is 5.69 Å².